The van der Waals surface area contributed by atoms with Crippen LogP contribution in [0.3, 0.4) is 0 Å². The molecule has 1 fully saturated rings. The lowest BCUT2D eigenvalue weighted by Crippen LogP contribution is -2.00. The van der Waals surface area contributed by atoms with E-state index >= 15 is 0 Å². The van der Waals surface area contributed by atoms with Gasteiger partial charge in [0.25, 0.3) is 0 Å². The van der Waals surface area contributed by atoms with Crippen LogP contribution in [0.1, 0.15) is 18.9 Å². The van der Waals surface area contributed by atoms with E-state index in [1.165, 1.54) is 17.8 Å². The number of rotatable bonds is 5. The van der Waals surface area contributed by atoms with Gasteiger partial charge < -0.3 is 0 Å². The van der Waals surface area contributed by atoms with Crippen LogP contribution < -0.4 is 0 Å². The molecule has 0 saturated heterocycles. The monoisotopic (exact) mass is 406 g/mol. The van der Waals surface area contributed by atoms with Gasteiger partial charge in [-0.2, -0.15) is 5.10 Å². The fourth-order valence-corrected chi connectivity index (χ4v) is 4.00. The van der Waals surface area contributed by atoms with E-state index in [2.05, 4.69) is 9.97 Å². The zero-order chi connectivity index (χ0) is 18.3. The first-order valence-electron chi connectivity index (χ1n) is 7.95. The largest absolute Gasteiger partial charge is 0.268 e. The van der Waals surface area contributed by atoms with Gasteiger partial charge in [0.1, 0.15) is 10.7 Å². The van der Waals surface area contributed by atoms with E-state index in [0.29, 0.717) is 11.1 Å². The number of aromatic nitrogens is 4. The van der Waals surface area contributed by atoms with Crippen molar-refractivity contribution < 1.29 is 8.42 Å². The molecule has 3 aromatic heterocycles. The molecule has 0 radical (unpaired) electrons. The van der Waals surface area contributed by atoms with Crippen molar-refractivity contribution in [1.82, 2.24) is 19.7 Å². The summed E-state index contributed by atoms with van der Waals surface area (Å²) in [5, 5.41) is 6.15. The zero-order valence-electron chi connectivity index (χ0n) is 13.8. The fraction of sp³-hybridized carbons (Fsp3) is 0.235. The number of hydrogen-bond acceptors (Lipinski definition) is 6. The van der Waals surface area contributed by atoms with E-state index in [1.807, 2.05) is 16.9 Å². The fourth-order valence-electron chi connectivity index (χ4n) is 2.45. The summed E-state index contributed by atoms with van der Waals surface area (Å²) in [6, 6.07) is 7.34. The molecule has 0 N–H and O–H groups in total. The third-order valence-electron chi connectivity index (χ3n) is 3.92. The van der Waals surface area contributed by atoms with Crippen LogP contribution in [0.5, 0.6) is 0 Å². The van der Waals surface area contributed by atoms with Crippen LogP contribution in [0.25, 0.3) is 11.3 Å². The molecule has 0 aromatic carbocycles. The number of halogens is 1. The highest BCUT2D eigenvalue weighted by Crippen LogP contribution is 2.40. The number of hydrogen-bond donors (Lipinski definition) is 0. The van der Waals surface area contributed by atoms with Gasteiger partial charge in [0.05, 0.1) is 16.0 Å². The maximum atomic E-state index is 11.6. The van der Waals surface area contributed by atoms with Crippen LogP contribution in [0.2, 0.25) is 5.02 Å². The molecule has 3 heterocycles. The molecular weight excluding hydrogens is 392 g/mol. The van der Waals surface area contributed by atoms with Crippen molar-refractivity contribution in [2.24, 2.45) is 0 Å². The van der Waals surface area contributed by atoms with E-state index in [-0.39, 0.29) is 5.03 Å². The quantitative estimate of drug-likeness (QED) is 0.639. The standard InChI is InChI=1S/C17H15ClN4O2S2/c1-26(23,24)16-7-2-11(8-20-16)17-14(10-22(21-17)13-4-5-13)25-15-6-3-12(18)9-19-15/h2-3,6-10,13H,4-5H2,1H3. The zero-order valence-corrected chi connectivity index (χ0v) is 16.2. The minimum absolute atomic E-state index is 0.0523. The Morgan fingerprint density at radius 2 is 1.96 bits per heavy atom. The van der Waals surface area contributed by atoms with Gasteiger partial charge in [-0.3, -0.25) is 4.68 Å². The smallest absolute Gasteiger partial charge is 0.192 e. The van der Waals surface area contributed by atoms with Gasteiger partial charge in [-0.25, -0.2) is 18.4 Å². The van der Waals surface area contributed by atoms with Gasteiger partial charge in [0.2, 0.25) is 0 Å². The molecule has 0 spiro atoms. The SMILES string of the molecule is CS(=O)(=O)c1ccc(-c2nn(C3CC3)cc2Sc2ccc(Cl)cn2)cn1. The molecule has 0 aliphatic heterocycles. The van der Waals surface area contributed by atoms with Crippen LogP contribution in [-0.2, 0) is 9.84 Å². The normalized spacial score (nSPS) is 14.5. The molecule has 134 valence electrons. The number of pyridine rings is 2. The van der Waals surface area contributed by atoms with Crippen molar-refractivity contribution in [3.8, 4) is 11.3 Å². The predicted octanol–water partition coefficient (Wildman–Crippen LogP) is 3.88. The highest BCUT2D eigenvalue weighted by atomic mass is 35.5. The molecule has 9 heteroatoms. The van der Waals surface area contributed by atoms with Crippen LogP contribution in [0.15, 0.2) is 57.8 Å². The van der Waals surface area contributed by atoms with Gasteiger partial charge >= 0.3 is 0 Å². The van der Waals surface area contributed by atoms with Crippen molar-refractivity contribution in [3.63, 3.8) is 0 Å². The Bertz CT molecular complexity index is 1040. The maximum Gasteiger partial charge on any atom is 0.192 e. The molecule has 6 nitrogen and oxygen atoms in total. The van der Waals surface area contributed by atoms with E-state index < -0.39 is 9.84 Å². The maximum absolute atomic E-state index is 11.6. The summed E-state index contributed by atoms with van der Waals surface area (Å²) in [6.07, 6.45) is 8.56. The Morgan fingerprint density at radius 3 is 2.54 bits per heavy atom. The first kappa shape index (κ1) is 17.5. The lowest BCUT2D eigenvalue weighted by atomic mass is 10.2. The Morgan fingerprint density at radius 1 is 1.15 bits per heavy atom. The Hall–Kier alpha value is -1.90. The molecular formula is C17H15ClN4O2S2. The highest BCUT2D eigenvalue weighted by Gasteiger charge is 2.26. The molecule has 1 saturated carbocycles. The van der Waals surface area contributed by atoms with Gasteiger partial charge in [-0.1, -0.05) is 23.4 Å². The first-order valence-corrected chi connectivity index (χ1v) is 11.0. The van der Waals surface area contributed by atoms with Gasteiger partial charge in [0, 0.05) is 30.4 Å². The molecule has 3 aromatic rings. The second kappa shape index (κ2) is 6.68. The van der Waals surface area contributed by atoms with Crippen molar-refractivity contribution in [3.05, 3.63) is 47.9 Å². The van der Waals surface area contributed by atoms with Crippen LogP contribution >= 0.6 is 23.4 Å². The summed E-state index contributed by atoms with van der Waals surface area (Å²) in [5.41, 5.74) is 1.54. The second-order valence-corrected chi connectivity index (χ2v) is 9.59. The predicted molar refractivity (Wildman–Crippen MR) is 100 cm³/mol. The molecule has 0 atom stereocenters. The lowest BCUT2D eigenvalue weighted by molar-refractivity contribution is 0.598. The summed E-state index contributed by atoms with van der Waals surface area (Å²) in [4.78, 5) is 9.34. The minimum Gasteiger partial charge on any atom is -0.268 e. The summed E-state index contributed by atoms with van der Waals surface area (Å²) in [5.74, 6) is 0. The van der Waals surface area contributed by atoms with E-state index in [1.54, 1.807) is 24.5 Å². The molecule has 0 unspecified atom stereocenters. The lowest BCUT2D eigenvalue weighted by Gasteiger charge is -2.03. The molecule has 1 aliphatic carbocycles. The summed E-state index contributed by atoms with van der Waals surface area (Å²) in [6.45, 7) is 0. The van der Waals surface area contributed by atoms with Crippen molar-refractivity contribution in [2.75, 3.05) is 6.26 Å². The van der Waals surface area contributed by atoms with E-state index in [4.69, 9.17) is 16.7 Å². The Balaban J connectivity index is 1.71. The summed E-state index contributed by atoms with van der Waals surface area (Å²) >= 11 is 7.40. The first-order chi connectivity index (χ1) is 12.4. The van der Waals surface area contributed by atoms with Crippen molar-refractivity contribution in [1.29, 1.82) is 0 Å². The van der Waals surface area contributed by atoms with E-state index in [0.717, 1.165) is 40.3 Å². The Labute approximate surface area is 160 Å². The minimum atomic E-state index is -3.33. The molecule has 1 aliphatic rings. The van der Waals surface area contributed by atoms with Gasteiger partial charge in [0.15, 0.2) is 14.9 Å². The van der Waals surface area contributed by atoms with Crippen LogP contribution in [-0.4, -0.2) is 34.4 Å². The summed E-state index contributed by atoms with van der Waals surface area (Å²) in [7, 11) is -3.33. The summed E-state index contributed by atoms with van der Waals surface area (Å²) < 4.78 is 25.2. The third kappa shape index (κ3) is 3.77. The topological polar surface area (TPSA) is 77.7 Å². The van der Waals surface area contributed by atoms with Gasteiger partial charge in [-0.05, 0) is 37.1 Å². The number of nitrogens with zero attached hydrogens (tertiary/aromatic N) is 4. The highest BCUT2D eigenvalue weighted by molar-refractivity contribution is 7.99. The molecule has 26 heavy (non-hydrogen) atoms. The van der Waals surface area contributed by atoms with Crippen molar-refractivity contribution >= 4 is 33.2 Å². The molecule has 4 rings (SSSR count). The average molecular weight is 407 g/mol. The van der Waals surface area contributed by atoms with Crippen LogP contribution in [0.4, 0.5) is 0 Å². The average Bonchev–Trinajstić information content (AvgIpc) is 3.37. The molecule has 0 amide bonds. The van der Waals surface area contributed by atoms with Gasteiger partial charge in [-0.15, -0.1) is 0 Å². The van der Waals surface area contributed by atoms with Crippen LogP contribution in [0, 0.1) is 0 Å². The number of sulfone groups is 1. The third-order valence-corrected chi connectivity index (χ3v) is 6.12. The Kier molecular flexibility index (Phi) is 4.50. The second-order valence-electron chi connectivity index (χ2n) is 6.13. The van der Waals surface area contributed by atoms with E-state index in [9.17, 15) is 8.42 Å². The molecule has 0 bridgehead atoms. The van der Waals surface area contributed by atoms with Crippen molar-refractivity contribution in [2.45, 2.75) is 33.8 Å².